The zero-order valence-corrected chi connectivity index (χ0v) is 25.1. The Balaban J connectivity index is 1.68. The highest BCUT2D eigenvalue weighted by atomic mass is 16.3. The van der Waals surface area contributed by atoms with E-state index in [0.717, 1.165) is 44.1 Å². The van der Waals surface area contributed by atoms with Crippen molar-refractivity contribution in [2.45, 2.75) is 118 Å². The van der Waals surface area contributed by atoms with Crippen LogP contribution < -0.4 is 5.32 Å². The fourth-order valence-corrected chi connectivity index (χ4v) is 10.3. The van der Waals surface area contributed by atoms with E-state index in [2.05, 4.69) is 46.0 Å². The molecule has 39 heavy (non-hydrogen) atoms. The van der Waals surface area contributed by atoms with Crippen LogP contribution in [0.1, 0.15) is 107 Å². The quantitative estimate of drug-likeness (QED) is 0.480. The molecule has 0 aliphatic heterocycles. The lowest BCUT2D eigenvalue weighted by Crippen LogP contribution is -2.74. The third-order valence-electron chi connectivity index (χ3n) is 13.0. The van der Waals surface area contributed by atoms with Crippen LogP contribution in [0.15, 0.2) is 23.3 Å². The molecule has 0 aromatic heterocycles. The Kier molecular flexibility index (Phi) is 5.91. The molecule has 0 bridgehead atoms. The molecule has 0 aromatic carbocycles. The number of nitrogens with zero attached hydrogens (tertiary/aromatic N) is 1. The summed E-state index contributed by atoms with van der Waals surface area (Å²) in [5.41, 5.74) is -3.66. The lowest BCUT2D eigenvalue weighted by molar-refractivity contribution is -0.240. The minimum atomic E-state index is -1.57. The van der Waals surface area contributed by atoms with Crippen LogP contribution in [0.3, 0.4) is 0 Å². The average molecular weight is 535 g/mol. The Morgan fingerprint density at radius 2 is 1.67 bits per heavy atom. The molecule has 0 spiro atoms. The summed E-state index contributed by atoms with van der Waals surface area (Å²) in [7, 11) is 0. The van der Waals surface area contributed by atoms with Gasteiger partial charge in [-0.15, -0.1) is 0 Å². The first-order valence-corrected chi connectivity index (χ1v) is 14.9. The number of allylic oxidation sites excluding steroid dienone is 3. The third kappa shape index (κ3) is 3.32. The molecule has 0 radical (unpaired) electrons. The number of nitriles is 1. The van der Waals surface area contributed by atoms with Crippen molar-refractivity contribution in [2.24, 2.45) is 38.9 Å². The molecule has 8 atom stereocenters. The number of rotatable bonds is 2. The molecule has 0 aromatic rings. The summed E-state index contributed by atoms with van der Waals surface area (Å²) in [6, 6.07) is 2.15. The highest BCUT2D eigenvalue weighted by molar-refractivity contribution is 6.05. The van der Waals surface area contributed by atoms with Gasteiger partial charge in [0.05, 0.1) is 5.57 Å². The van der Waals surface area contributed by atoms with Crippen LogP contribution in [0.25, 0.3) is 0 Å². The highest BCUT2D eigenvalue weighted by Gasteiger charge is 2.75. The molecule has 6 heteroatoms. The molecule has 6 nitrogen and oxygen atoms in total. The van der Waals surface area contributed by atoms with Gasteiger partial charge < -0.3 is 10.4 Å². The van der Waals surface area contributed by atoms with Gasteiger partial charge in [0.15, 0.2) is 11.6 Å². The topological polar surface area (TPSA) is 107 Å². The molecule has 1 amide bonds. The fraction of sp³-hybridized carbons (Fsp3) is 0.758. The predicted molar refractivity (Wildman–Crippen MR) is 149 cm³/mol. The monoisotopic (exact) mass is 534 g/mol. The number of carbonyl (C=O) groups is 3. The van der Waals surface area contributed by atoms with Crippen LogP contribution in [0.4, 0.5) is 0 Å². The van der Waals surface area contributed by atoms with Crippen molar-refractivity contribution in [1.82, 2.24) is 5.32 Å². The van der Waals surface area contributed by atoms with Gasteiger partial charge in [-0.1, -0.05) is 54.5 Å². The Labute approximate surface area is 233 Å². The summed E-state index contributed by atoms with van der Waals surface area (Å²) in [4.78, 5) is 40.1. The van der Waals surface area contributed by atoms with Gasteiger partial charge in [-0.3, -0.25) is 14.4 Å². The summed E-state index contributed by atoms with van der Waals surface area (Å²) in [6.07, 6.45) is 9.38. The van der Waals surface area contributed by atoms with Gasteiger partial charge in [-0.05, 0) is 80.3 Å². The number of Topliss-reactive ketones (excluding diaryl/α,β-unsaturated/α-hetero) is 1. The summed E-state index contributed by atoms with van der Waals surface area (Å²) in [5.74, 6) is -0.695. The second kappa shape index (κ2) is 8.15. The number of carbonyl (C=O) groups excluding carboxylic acids is 3. The minimum Gasteiger partial charge on any atom is -0.381 e. The summed E-state index contributed by atoms with van der Waals surface area (Å²) < 4.78 is 0. The van der Waals surface area contributed by atoms with Crippen LogP contribution in [0.5, 0.6) is 0 Å². The Morgan fingerprint density at radius 1 is 1.03 bits per heavy atom. The second-order valence-electron chi connectivity index (χ2n) is 15.3. The van der Waals surface area contributed by atoms with E-state index in [-0.39, 0.29) is 40.3 Å². The van der Waals surface area contributed by atoms with Crippen LogP contribution in [-0.2, 0) is 14.4 Å². The molecule has 3 saturated carbocycles. The lowest BCUT2D eigenvalue weighted by Gasteiger charge is -2.71. The molecular formula is C33H46N2O4. The van der Waals surface area contributed by atoms with Gasteiger partial charge in [0, 0.05) is 34.1 Å². The summed E-state index contributed by atoms with van der Waals surface area (Å²) in [5, 5.41) is 26.0. The largest absolute Gasteiger partial charge is 0.381 e. The zero-order chi connectivity index (χ0) is 29.0. The van der Waals surface area contributed by atoms with E-state index in [0.29, 0.717) is 12.8 Å². The van der Waals surface area contributed by atoms with E-state index in [9.17, 15) is 24.8 Å². The second-order valence-corrected chi connectivity index (χ2v) is 15.3. The molecule has 0 unspecified atom stereocenters. The number of aliphatic hydroxyl groups is 1. The molecule has 0 heterocycles. The normalized spacial score (nSPS) is 48.3. The number of fused-ring (bicyclic) bond motifs is 7. The van der Waals surface area contributed by atoms with E-state index in [1.807, 2.05) is 26.8 Å². The summed E-state index contributed by atoms with van der Waals surface area (Å²) in [6.45, 7) is 16.4. The van der Waals surface area contributed by atoms with E-state index in [4.69, 9.17) is 0 Å². The van der Waals surface area contributed by atoms with Crippen molar-refractivity contribution in [3.8, 4) is 6.07 Å². The van der Waals surface area contributed by atoms with Gasteiger partial charge in [0.25, 0.3) is 0 Å². The van der Waals surface area contributed by atoms with Gasteiger partial charge in [-0.2, -0.15) is 5.26 Å². The molecule has 5 aliphatic rings. The highest BCUT2D eigenvalue weighted by Crippen LogP contribution is 2.75. The number of ketones is 2. The lowest BCUT2D eigenvalue weighted by atomic mass is 9.33. The summed E-state index contributed by atoms with van der Waals surface area (Å²) >= 11 is 0. The number of amides is 1. The Hall–Kier alpha value is -2.26. The van der Waals surface area contributed by atoms with Gasteiger partial charge in [0.1, 0.15) is 11.7 Å². The van der Waals surface area contributed by atoms with Gasteiger partial charge in [0.2, 0.25) is 5.91 Å². The van der Waals surface area contributed by atoms with E-state index in [1.165, 1.54) is 0 Å². The molecule has 212 valence electrons. The molecule has 0 saturated heterocycles. The Morgan fingerprint density at radius 3 is 2.28 bits per heavy atom. The minimum absolute atomic E-state index is 0.00318. The van der Waals surface area contributed by atoms with Crippen LogP contribution in [-0.4, -0.2) is 33.7 Å². The third-order valence-corrected chi connectivity index (χ3v) is 13.0. The van der Waals surface area contributed by atoms with Crippen LogP contribution in [0.2, 0.25) is 0 Å². The van der Waals surface area contributed by atoms with Gasteiger partial charge >= 0.3 is 0 Å². The maximum Gasteiger partial charge on any atom is 0.220 e. The van der Waals surface area contributed by atoms with Crippen LogP contribution in [0, 0.1) is 50.2 Å². The molecular weight excluding hydrogens is 488 g/mol. The zero-order valence-electron chi connectivity index (χ0n) is 25.1. The van der Waals surface area contributed by atoms with Crippen molar-refractivity contribution in [2.75, 3.05) is 0 Å². The fourth-order valence-electron chi connectivity index (χ4n) is 10.3. The van der Waals surface area contributed by atoms with Gasteiger partial charge in [-0.25, -0.2) is 0 Å². The molecule has 5 aliphatic carbocycles. The first-order valence-electron chi connectivity index (χ1n) is 14.9. The standard InChI is InChI=1S/C33H46N2O4/c1-9-25(37)35-29(5)14-12-28(4)13-15-32(8)31(7)11-10-21-27(2,3)26(38)20(19-34)17-30(21,6)22(31)16-24(36)33(32,39)23(28)18-29/h16-17,21,23,39H,9-15,18H2,1-8H3,(H,35,37)/t21-,23+,28-,29-,30-,31+,32-,33+/m0/s1. The van der Waals surface area contributed by atoms with Crippen molar-refractivity contribution >= 4 is 17.5 Å². The van der Waals surface area contributed by atoms with Crippen molar-refractivity contribution < 1.29 is 19.5 Å². The van der Waals surface area contributed by atoms with Crippen molar-refractivity contribution in [1.29, 1.82) is 5.26 Å². The SMILES string of the molecule is CCC(=O)N[C@@]1(C)CC[C@@]2(C)CC[C@@]3(C)[C@]4(C)CC[C@H]5C(C)(C)C(=O)C(C#N)=C[C@]5(C)C4=CC(=O)[C@]3(O)[C@@H]2C1. The smallest absolute Gasteiger partial charge is 0.220 e. The first kappa shape index (κ1) is 28.3. The number of hydrogen-bond acceptors (Lipinski definition) is 5. The number of hydrogen-bond donors (Lipinski definition) is 2. The maximum absolute atomic E-state index is 14.5. The Bertz CT molecular complexity index is 1270. The average Bonchev–Trinajstić information content (AvgIpc) is 2.86. The van der Waals surface area contributed by atoms with E-state index >= 15 is 0 Å². The molecule has 3 fully saturated rings. The predicted octanol–water partition coefficient (Wildman–Crippen LogP) is 5.60. The van der Waals surface area contributed by atoms with Crippen LogP contribution >= 0.6 is 0 Å². The number of nitrogens with one attached hydrogen (secondary N) is 1. The molecule has 5 rings (SSSR count). The van der Waals surface area contributed by atoms with E-state index in [1.54, 1.807) is 6.08 Å². The first-order chi connectivity index (χ1) is 17.9. The maximum atomic E-state index is 14.5. The van der Waals surface area contributed by atoms with Crippen molar-refractivity contribution in [3.05, 3.63) is 23.3 Å². The van der Waals surface area contributed by atoms with E-state index < -0.39 is 32.8 Å². The molecule has 2 N–H and O–H groups in total. The van der Waals surface area contributed by atoms with Crippen molar-refractivity contribution in [3.63, 3.8) is 0 Å².